The van der Waals surface area contributed by atoms with Gasteiger partial charge in [-0.05, 0) is 50.6 Å². The summed E-state index contributed by atoms with van der Waals surface area (Å²) in [6.45, 7) is 9.56. The molecule has 3 N–H and O–H groups in total. The highest BCUT2D eigenvalue weighted by Crippen LogP contribution is 2.10. The molecule has 0 saturated carbocycles. The van der Waals surface area contributed by atoms with Crippen molar-refractivity contribution in [1.29, 1.82) is 0 Å². The number of rotatable bonds is 6. The van der Waals surface area contributed by atoms with Crippen LogP contribution in [0, 0.1) is 5.92 Å². The number of nitrogens with two attached hydrogens (primary N) is 1. The van der Waals surface area contributed by atoms with E-state index in [1.54, 1.807) is 24.3 Å². The molecule has 0 saturated heterocycles. The van der Waals surface area contributed by atoms with Gasteiger partial charge in [-0.15, -0.1) is 0 Å². The van der Waals surface area contributed by atoms with Gasteiger partial charge in [-0.2, -0.15) is 0 Å². The number of benzene rings is 1. The first-order valence-corrected chi connectivity index (χ1v) is 6.58. The highest BCUT2D eigenvalue weighted by Gasteiger charge is 2.20. The monoisotopic (exact) mass is 264 g/mol. The quantitative estimate of drug-likeness (QED) is 0.612. The number of nitrogens with one attached hydrogen (secondary N) is 1. The van der Waals surface area contributed by atoms with Crippen molar-refractivity contribution in [3.63, 3.8) is 0 Å². The first kappa shape index (κ1) is 15.5. The minimum Gasteiger partial charge on any atom is -0.460 e. The van der Waals surface area contributed by atoms with Gasteiger partial charge in [0.2, 0.25) is 0 Å². The van der Waals surface area contributed by atoms with E-state index in [9.17, 15) is 4.79 Å². The molecule has 0 fully saturated rings. The molecule has 106 valence electrons. The fourth-order valence-corrected chi connectivity index (χ4v) is 1.48. The molecule has 0 aliphatic rings. The van der Waals surface area contributed by atoms with Crippen molar-refractivity contribution in [2.75, 3.05) is 18.9 Å². The highest BCUT2D eigenvalue weighted by molar-refractivity contribution is 5.89. The molecule has 1 aromatic carbocycles. The number of hydrogen-bond acceptors (Lipinski definition) is 4. The zero-order chi connectivity index (χ0) is 14.5. The van der Waals surface area contributed by atoms with Crippen LogP contribution in [0.5, 0.6) is 0 Å². The molecule has 0 aliphatic carbocycles. The Bertz CT molecular complexity index is 411. The van der Waals surface area contributed by atoms with Gasteiger partial charge in [-0.25, -0.2) is 4.79 Å². The van der Waals surface area contributed by atoms with Crippen molar-refractivity contribution in [3.05, 3.63) is 29.8 Å². The summed E-state index contributed by atoms with van der Waals surface area (Å²) in [6.07, 6.45) is 0. The summed E-state index contributed by atoms with van der Waals surface area (Å²) in [5.41, 5.74) is 6.50. The van der Waals surface area contributed by atoms with Crippen LogP contribution in [0.3, 0.4) is 0 Å². The van der Waals surface area contributed by atoms with Crippen LogP contribution in [0.25, 0.3) is 0 Å². The number of anilines is 1. The Morgan fingerprint density at radius 2 is 1.89 bits per heavy atom. The maximum atomic E-state index is 11.8. The molecular formula is C15H24N2O2. The van der Waals surface area contributed by atoms with E-state index >= 15 is 0 Å². The summed E-state index contributed by atoms with van der Waals surface area (Å²) in [7, 11) is 0. The second kappa shape index (κ2) is 6.57. The van der Waals surface area contributed by atoms with Gasteiger partial charge in [-0.1, -0.05) is 13.8 Å². The van der Waals surface area contributed by atoms with Gasteiger partial charge in [0.15, 0.2) is 0 Å². The van der Waals surface area contributed by atoms with E-state index in [4.69, 9.17) is 10.5 Å². The average Bonchev–Trinajstić information content (AvgIpc) is 2.35. The molecule has 0 bridgehead atoms. The smallest absolute Gasteiger partial charge is 0.338 e. The van der Waals surface area contributed by atoms with Crippen LogP contribution in [0.1, 0.15) is 38.1 Å². The lowest BCUT2D eigenvalue weighted by Gasteiger charge is -2.27. The third-order valence-electron chi connectivity index (χ3n) is 2.70. The van der Waals surface area contributed by atoms with E-state index in [1.165, 1.54) is 0 Å². The van der Waals surface area contributed by atoms with Gasteiger partial charge in [0, 0.05) is 11.2 Å². The Morgan fingerprint density at radius 3 is 2.42 bits per heavy atom. The molecule has 0 amide bonds. The molecule has 1 aromatic rings. The van der Waals surface area contributed by atoms with Crippen molar-refractivity contribution in [2.24, 2.45) is 5.92 Å². The molecular weight excluding hydrogens is 240 g/mol. The minimum atomic E-state index is -0.320. The SMILES string of the molecule is CC(C)CNC(C)(C)COC(=O)c1ccc(N)cc1. The van der Waals surface area contributed by atoms with E-state index < -0.39 is 0 Å². The summed E-state index contributed by atoms with van der Waals surface area (Å²) in [6, 6.07) is 6.73. The fraction of sp³-hybridized carbons (Fsp3) is 0.533. The van der Waals surface area contributed by atoms with Crippen LogP contribution in [-0.2, 0) is 4.74 Å². The van der Waals surface area contributed by atoms with Crippen molar-refractivity contribution in [2.45, 2.75) is 33.2 Å². The van der Waals surface area contributed by atoms with Gasteiger partial charge in [0.05, 0.1) is 5.56 Å². The van der Waals surface area contributed by atoms with Gasteiger partial charge in [-0.3, -0.25) is 0 Å². The molecule has 1 rings (SSSR count). The number of nitrogen functional groups attached to an aromatic ring is 1. The summed E-state index contributed by atoms with van der Waals surface area (Å²) in [5.74, 6) is 0.242. The third kappa shape index (κ3) is 5.75. The Kier molecular flexibility index (Phi) is 5.36. The van der Waals surface area contributed by atoms with Gasteiger partial charge >= 0.3 is 5.97 Å². The lowest BCUT2D eigenvalue weighted by atomic mass is 10.1. The number of carbonyl (C=O) groups excluding carboxylic acids is 1. The lowest BCUT2D eigenvalue weighted by Crippen LogP contribution is -2.45. The Labute approximate surface area is 115 Å². The molecule has 0 atom stereocenters. The fourth-order valence-electron chi connectivity index (χ4n) is 1.48. The standard InChI is InChI=1S/C15H24N2O2/c1-11(2)9-17-15(3,4)10-19-14(18)12-5-7-13(16)8-6-12/h5-8,11,17H,9-10,16H2,1-4H3. The van der Waals surface area contributed by atoms with E-state index in [1.807, 2.05) is 13.8 Å². The van der Waals surface area contributed by atoms with Crippen molar-refractivity contribution < 1.29 is 9.53 Å². The maximum Gasteiger partial charge on any atom is 0.338 e. The van der Waals surface area contributed by atoms with E-state index in [-0.39, 0.29) is 11.5 Å². The molecule has 0 unspecified atom stereocenters. The molecule has 0 aliphatic heterocycles. The normalized spacial score (nSPS) is 11.6. The first-order valence-electron chi connectivity index (χ1n) is 6.58. The van der Waals surface area contributed by atoms with Crippen LogP contribution in [-0.4, -0.2) is 24.7 Å². The second-order valence-electron chi connectivity index (χ2n) is 5.86. The van der Waals surface area contributed by atoms with Crippen LogP contribution in [0.2, 0.25) is 0 Å². The molecule has 4 nitrogen and oxygen atoms in total. The van der Waals surface area contributed by atoms with Gasteiger partial charge in [0.25, 0.3) is 0 Å². The van der Waals surface area contributed by atoms with Crippen LogP contribution >= 0.6 is 0 Å². The zero-order valence-corrected chi connectivity index (χ0v) is 12.2. The molecule has 0 aromatic heterocycles. The summed E-state index contributed by atoms with van der Waals surface area (Å²) in [5, 5.41) is 3.38. The molecule has 0 heterocycles. The Morgan fingerprint density at radius 1 is 1.32 bits per heavy atom. The second-order valence-corrected chi connectivity index (χ2v) is 5.86. The summed E-state index contributed by atoms with van der Waals surface area (Å²) in [4.78, 5) is 11.8. The molecule has 0 spiro atoms. The predicted octanol–water partition coefficient (Wildman–Crippen LogP) is 2.45. The maximum absolute atomic E-state index is 11.8. The summed E-state index contributed by atoms with van der Waals surface area (Å²) < 4.78 is 5.32. The summed E-state index contributed by atoms with van der Waals surface area (Å²) >= 11 is 0. The topological polar surface area (TPSA) is 64.3 Å². The van der Waals surface area contributed by atoms with Crippen molar-refractivity contribution >= 4 is 11.7 Å². The lowest BCUT2D eigenvalue weighted by molar-refractivity contribution is 0.0398. The third-order valence-corrected chi connectivity index (χ3v) is 2.70. The number of hydrogen-bond donors (Lipinski definition) is 2. The van der Waals surface area contributed by atoms with Gasteiger partial charge < -0.3 is 15.8 Å². The zero-order valence-electron chi connectivity index (χ0n) is 12.2. The van der Waals surface area contributed by atoms with Crippen LogP contribution < -0.4 is 11.1 Å². The van der Waals surface area contributed by atoms with E-state index in [0.717, 1.165) is 6.54 Å². The van der Waals surface area contributed by atoms with Crippen LogP contribution in [0.4, 0.5) is 5.69 Å². The average molecular weight is 264 g/mol. The molecule has 0 radical (unpaired) electrons. The number of carbonyl (C=O) groups is 1. The molecule has 19 heavy (non-hydrogen) atoms. The van der Waals surface area contributed by atoms with Crippen molar-refractivity contribution in [3.8, 4) is 0 Å². The Balaban J connectivity index is 2.47. The number of esters is 1. The first-order chi connectivity index (χ1) is 8.80. The van der Waals surface area contributed by atoms with Crippen LogP contribution in [0.15, 0.2) is 24.3 Å². The Hall–Kier alpha value is -1.55. The predicted molar refractivity (Wildman–Crippen MR) is 78.1 cm³/mol. The van der Waals surface area contributed by atoms with Gasteiger partial charge in [0.1, 0.15) is 6.61 Å². The van der Waals surface area contributed by atoms with E-state index in [0.29, 0.717) is 23.8 Å². The number of ether oxygens (including phenoxy) is 1. The minimum absolute atomic E-state index is 0.228. The largest absolute Gasteiger partial charge is 0.460 e. The molecule has 4 heteroatoms. The van der Waals surface area contributed by atoms with Crippen molar-refractivity contribution in [1.82, 2.24) is 5.32 Å². The van der Waals surface area contributed by atoms with E-state index in [2.05, 4.69) is 19.2 Å². The highest BCUT2D eigenvalue weighted by atomic mass is 16.5.